The van der Waals surface area contributed by atoms with Crippen LogP contribution in [0, 0.1) is 18.8 Å². The average molecular weight is 421 g/mol. The van der Waals surface area contributed by atoms with E-state index < -0.39 is 0 Å². The van der Waals surface area contributed by atoms with Crippen LogP contribution in [-0.4, -0.2) is 51.1 Å². The van der Waals surface area contributed by atoms with Crippen LogP contribution >= 0.6 is 0 Å². The summed E-state index contributed by atoms with van der Waals surface area (Å²) in [4.78, 5) is 27.0. The normalized spacial score (nSPS) is 27.9. The maximum atomic E-state index is 12.8. The first kappa shape index (κ1) is 20.3. The zero-order chi connectivity index (χ0) is 21.5. The molecule has 0 unspecified atom stereocenters. The smallest absolute Gasteiger partial charge is 0.223 e. The highest BCUT2D eigenvalue weighted by molar-refractivity contribution is 5.78. The number of hydrogen-bond acceptors (Lipinski definition) is 5. The Labute approximate surface area is 184 Å². The minimum atomic E-state index is 0.203. The van der Waals surface area contributed by atoms with E-state index in [9.17, 15) is 9.90 Å². The molecular formula is C25H32N4O2. The SMILES string of the molecule is CCC[C@H]1[C@H]2C[C@H](CN(c3cc(C)nc(-c4ccccc4O)n3)C2)[C@@H]2CCCC(=O)N21. The predicted octanol–water partition coefficient (Wildman–Crippen LogP) is 4.16. The number of hydrogen-bond donors (Lipinski definition) is 1. The van der Waals surface area contributed by atoms with E-state index in [1.54, 1.807) is 6.07 Å². The molecule has 6 nitrogen and oxygen atoms in total. The van der Waals surface area contributed by atoms with E-state index in [0.29, 0.717) is 41.2 Å². The van der Waals surface area contributed by atoms with Gasteiger partial charge in [-0.15, -0.1) is 0 Å². The highest BCUT2D eigenvalue weighted by atomic mass is 16.3. The van der Waals surface area contributed by atoms with Crippen molar-refractivity contribution in [3.63, 3.8) is 0 Å². The number of piperidine rings is 3. The number of phenolic OH excluding ortho intramolecular Hbond substituents is 1. The molecule has 0 saturated carbocycles. The molecule has 4 atom stereocenters. The number of benzene rings is 1. The van der Waals surface area contributed by atoms with Gasteiger partial charge in [0.1, 0.15) is 11.6 Å². The Morgan fingerprint density at radius 2 is 1.97 bits per heavy atom. The summed E-state index contributed by atoms with van der Waals surface area (Å²) in [6, 6.07) is 10.0. The number of anilines is 1. The van der Waals surface area contributed by atoms with E-state index in [1.807, 2.05) is 25.1 Å². The third kappa shape index (κ3) is 3.66. The van der Waals surface area contributed by atoms with Gasteiger partial charge in [0.15, 0.2) is 5.82 Å². The molecule has 4 heterocycles. The van der Waals surface area contributed by atoms with Gasteiger partial charge in [0, 0.05) is 43.4 Å². The van der Waals surface area contributed by atoms with Gasteiger partial charge in [-0.1, -0.05) is 25.5 Å². The number of para-hydroxylation sites is 1. The third-order valence-corrected chi connectivity index (χ3v) is 7.39. The summed E-state index contributed by atoms with van der Waals surface area (Å²) in [7, 11) is 0. The zero-order valence-corrected chi connectivity index (χ0v) is 18.5. The molecule has 2 aromatic rings. The number of fused-ring (bicyclic) bond motifs is 4. The van der Waals surface area contributed by atoms with Gasteiger partial charge in [-0.3, -0.25) is 4.79 Å². The van der Waals surface area contributed by atoms with E-state index in [1.165, 1.54) is 6.42 Å². The molecule has 2 bridgehead atoms. The number of carbonyl (C=O) groups excluding carboxylic acids is 1. The lowest BCUT2D eigenvalue weighted by Crippen LogP contribution is -2.65. The summed E-state index contributed by atoms with van der Waals surface area (Å²) >= 11 is 0. The molecule has 1 aromatic heterocycles. The summed E-state index contributed by atoms with van der Waals surface area (Å²) in [6.45, 7) is 6.07. The molecule has 6 heteroatoms. The summed E-state index contributed by atoms with van der Waals surface area (Å²) in [5, 5.41) is 10.3. The average Bonchev–Trinajstić information content (AvgIpc) is 2.76. The van der Waals surface area contributed by atoms with Crippen molar-refractivity contribution in [2.75, 3.05) is 18.0 Å². The molecular weight excluding hydrogens is 388 g/mol. The number of aryl methyl sites for hydroxylation is 1. The maximum absolute atomic E-state index is 12.8. The van der Waals surface area contributed by atoms with Crippen LogP contribution in [0.4, 0.5) is 5.82 Å². The van der Waals surface area contributed by atoms with Crippen molar-refractivity contribution in [3.05, 3.63) is 36.0 Å². The Hall–Kier alpha value is -2.63. The van der Waals surface area contributed by atoms with Crippen molar-refractivity contribution in [1.82, 2.24) is 14.9 Å². The first-order valence-corrected chi connectivity index (χ1v) is 11.7. The number of carbonyl (C=O) groups is 1. The van der Waals surface area contributed by atoms with Crippen molar-refractivity contribution in [3.8, 4) is 17.1 Å². The lowest BCUT2D eigenvalue weighted by Gasteiger charge is -2.57. The molecule has 0 aliphatic carbocycles. The van der Waals surface area contributed by atoms with E-state index in [2.05, 4.69) is 27.8 Å². The van der Waals surface area contributed by atoms with Crippen molar-refractivity contribution < 1.29 is 9.90 Å². The molecule has 3 saturated heterocycles. The topological polar surface area (TPSA) is 69.6 Å². The van der Waals surface area contributed by atoms with Crippen LogP contribution in [0.2, 0.25) is 0 Å². The van der Waals surface area contributed by atoms with Crippen LogP contribution in [0.25, 0.3) is 11.4 Å². The maximum Gasteiger partial charge on any atom is 0.223 e. The number of phenols is 1. The summed E-state index contributed by atoms with van der Waals surface area (Å²) < 4.78 is 0. The molecule has 3 aliphatic rings. The monoisotopic (exact) mass is 420 g/mol. The van der Waals surface area contributed by atoms with E-state index in [4.69, 9.17) is 4.98 Å². The van der Waals surface area contributed by atoms with Gasteiger partial charge < -0.3 is 14.9 Å². The zero-order valence-electron chi connectivity index (χ0n) is 18.5. The number of amides is 1. The summed E-state index contributed by atoms with van der Waals surface area (Å²) in [6.07, 6.45) is 6.26. The molecule has 0 spiro atoms. The van der Waals surface area contributed by atoms with Crippen LogP contribution in [0.1, 0.15) is 51.1 Å². The van der Waals surface area contributed by atoms with Gasteiger partial charge in [-0.25, -0.2) is 9.97 Å². The van der Waals surface area contributed by atoms with E-state index in [0.717, 1.165) is 56.7 Å². The van der Waals surface area contributed by atoms with Crippen LogP contribution in [0.15, 0.2) is 30.3 Å². The second-order valence-electron chi connectivity index (χ2n) is 9.49. The fourth-order valence-corrected chi connectivity index (χ4v) is 6.13. The van der Waals surface area contributed by atoms with Crippen molar-refractivity contribution in [2.24, 2.45) is 11.8 Å². The lowest BCUT2D eigenvalue weighted by atomic mass is 9.71. The van der Waals surface area contributed by atoms with Gasteiger partial charge in [0.05, 0.1) is 5.56 Å². The van der Waals surface area contributed by atoms with Gasteiger partial charge >= 0.3 is 0 Å². The highest BCUT2D eigenvalue weighted by Crippen LogP contribution is 2.43. The van der Waals surface area contributed by atoms with Crippen LogP contribution in [0.5, 0.6) is 5.75 Å². The Bertz CT molecular complexity index is 978. The molecule has 5 rings (SSSR count). The highest BCUT2D eigenvalue weighted by Gasteiger charge is 2.49. The fourth-order valence-electron chi connectivity index (χ4n) is 6.13. The molecule has 3 aliphatic heterocycles. The number of aromatic hydroxyl groups is 1. The van der Waals surface area contributed by atoms with Gasteiger partial charge in [0.2, 0.25) is 5.91 Å². The quantitative estimate of drug-likeness (QED) is 0.804. The standard InChI is InChI=1S/C25H32N4O2/c1-3-7-20-17-13-18(21-9-6-11-24(31)29(20)21)15-28(14-17)23-12-16(2)26-25(27-23)19-8-4-5-10-22(19)30/h4-5,8,10,12,17-18,20-21,30H,3,6-7,9,11,13-15H2,1-2H3/t17-,18+,20-,21-/m0/s1. The molecule has 1 amide bonds. The van der Waals surface area contributed by atoms with Crippen LogP contribution in [-0.2, 0) is 4.79 Å². The third-order valence-electron chi connectivity index (χ3n) is 7.39. The predicted molar refractivity (Wildman–Crippen MR) is 121 cm³/mol. The Morgan fingerprint density at radius 3 is 2.77 bits per heavy atom. The second kappa shape index (κ2) is 8.13. The number of aromatic nitrogens is 2. The Kier molecular flexibility index (Phi) is 5.32. The summed E-state index contributed by atoms with van der Waals surface area (Å²) in [5.41, 5.74) is 1.57. The molecule has 164 valence electrons. The molecule has 1 aromatic carbocycles. The van der Waals surface area contributed by atoms with Gasteiger partial charge in [-0.05, 0) is 56.6 Å². The Balaban J connectivity index is 1.48. The number of rotatable bonds is 4. The minimum absolute atomic E-state index is 0.203. The van der Waals surface area contributed by atoms with E-state index in [-0.39, 0.29) is 5.75 Å². The fraction of sp³-hybridized carbons (Fsp3) is 0.560. The van der Waals surface area contributed by atoms with E-state index >= 15 is 0 Å². The Morgan fingerprint density at radius 1 is 1.16 bits per heavy atom. The lowest BCUT2D eigenvalue weighted by molar-refractivity contribution is -0.149. The molecule has 1 N–H and O–H groups in total. The largest absolute Gasteiger partial charge is 0.507 e. The second-order valence-corrected chi connectivity index (χ2v) is 9.49. The van der Waals surface area contributed by atoms with Crippen LogP contribution < -0.4 is 4.90 Å². The first-order chi connectivity index (χ1) is 15.0. The minimum Gasteiger partial charge on any atom is -0.507 e. The van der Waals surface area contributed by atoms with Gasteiger partial charge in [0.25, 0.3) is 0 Å². The number of nitrogens with zero attached hydrogens (tertiary/aromatic N) is 4. The molecule has 31 heavy (non-hydrogen) atoms. The van der Waals surface area contributed by atoms with Gasteiger partial charge in [-0.2, -0.15) is 0 Å². The van der Waals surface area contributed by atoms with Crippen molar-refractivity contribution in [1.29, 1.82) is 0 Å². The summed E-state index contributed by atoms with van der Waals surface area (Å²) in [5.74, 6) is 3.07. The first-order valence-electron chi connectivity index (χ1n) is 11.7. The van der Waals surface area contributed by atoms with Crippen molar-refractivity contribution >= 4 is 11.7 Å². The molecule has 0 radical (unpaired) electrons. The van der Waals surface area contributed by atoms with Crippen LogP contribution in [0.3, 0.4) is 0 Å². The molecule has 3 fully saturated rings. The van der Waals surface area contributed by atoms with Crippen molar-refractivity contribution in [2.45, 2.75) is 64.5 Å².